The molecule has 2 aromatic heterocycles. The average molecular weight is 720 g/mol. The van der Waals surface area contributed by atoms with Gasteiger partial charge in [-0.25, -0.2) is 0 Å². The molecule has 0 amide bonds. The predicted molar refractivity (Wildman–Crippen MR) is 235 cm³/mol. The van der Waals surface area contributed by atoms with Crippen molar-refractivity contribution >= 4 is 81.3 Å². The second-order valence-corrected chi connectivity index (χ2v) is 15.2. The van der Waals surface area contributed by atoms with E-state index in [0.29, 0.717) is 0 Å². The largest absolute Gasteiger partial charge is 0.455 e. The molecule has 11 aromatic rings. The molecule has 0 bridgehead atoms. The summed E-state index contributed by atoms with van der Waals surface area (Å²) in [5.41, 5.74) is 12.2. The van der Waals surface area contributed by atoms with Crippen LogP contribution in [-0.4, -0.2) is 0 Å². The van der Waals surface area contributed by atoms with Gasteiger partial charge in [-0.2, -0.15) is 0 Å². The third kappa shape index (κ3) is 5.32. The maximum absolute atomic E-state index is 6.91. The minimum Gasteiger partial charge on any atom is -0.455 e. The number of fused-ring (bicyclic) bond motifs is 8. The topological polar surface area (TPSA) is 16.4 Å². The van der Waals surface area contributed by atoms with Gasteiger partial charge < -0.3 is 9.32 Å². The lowest BCUT2D eigenvalue weighted by Crippen LogP contribution is -2.09. The van der Waals surface area contributed by atoms with Crippen molar-refractivity contribution < 1.29 is 4.42 Å². The number of hydrogen-bond donors (Lipinski definition) is 0. The van der Waals surface area contributed by atoms with Gasteiger partial charge in [-0.3, -0.25) is 0 Å². The van der Waals surface area contributed by atoms with E-state index >= 15 is 0 Å². The van der Waals surface area contributed by atoms with Crippen molar-refractivity contribution in [1.82, 2.24) is 0 Å². The summed E-state index contributed by atoms with van der Waals surface area (Å²) in [6.07, 6.45) is 0. The zero-order chi connectivity index (χ0) is 36.3. The third-order valence-corrected chi connectivity index (χ3v) is 12.0. The molecule has 11 rings (SSSR count). The molecule has 0 aliphatic carbocycles. The van der Waals surface area contributed by atoms with Crippen molar-refractivity contribution in [2.24, 2.45) is 0 Å². The van der Waals surface area contributed by atoms with Crippen LogP contribution in [0, 0.1) is 0 Å². The molecule has 0 saturated carbocycles. The summed E-state index contributed by atoms with van der Waals surface area (Å²) in [6.45, 7) is 0. The zero-order valence-corrected chi connectivity index (χ0v) is 30.6. The molecule has 0 saturated heterocycles. The van der Waals surface area contributed by atoms with Crippen molar-refractivity contribution in [2.75, 3.05) is 4.90 Å². The summed E-state index contributed by atoms with van der Waals surface area (Å²) < 4.78 is 9.52. The van der Waals surface area contributed by atoms with Crippen LogP contribution < -0.4 is 4.90 Å². The smallest absolute Gasteiger partial charge is 0.143 e. The molecule has 2 nitrogen and oxygen atoms in total. The molecule has 0 aliphatic rings. The zero-order valence-electron chi connectivity index (χ0n) is 29.8. The fourth-order valence-electron chi connectivity index (χ4n) is 8.25. The first-order chi connectivity index (χ1) is 27.3. The van der Waals surface area contributed by atoms with Gasteiger partial charge >= 0.3 is 0 Å². The molecular formula is C52H33NOS. The number of anilines is 3. The Hall–Kier alpha value is -6.94. The Kier molecular flexibility index (Phi) is 7.39. The fourth-order valence-corrected chi connectivity index (χ4v) is 9.34. The normalized spacial score (nSPS) is 11.6. The molecule has 55 heavy (non-hydrogen) atoms. The summed E-state index contributed by atoms with van der Waals surface area (Å²) in [6, 6.07) is 72.0. The monoisotopic (exact) mass is 719 g/mol. The first-order valence-electron chi connectivity index (χ1n) is 18.7. The van der Waals surface area contributed by atoms with E-state index in [2.05, 4.69) is 205 Å². The Balaban J connectivity index is 1.03. The molecule has 0 atom stereocenters. The number of nitrogens with zero attached hydrogens (tertiary/aromatic N) is 1. The first-order valence-corrected chi connectivity index (χ1v) is 19.5. The van der Waals surface area contributed by atoms with Gasteiger partial charge in [0, 0.05) is 59.0 Å². The minimum atomic E-state index is 0.903. The van der Waals surface area contributed by atoms with Gasteiger partial charge in [0.2, 0.25) is 0 Å². The Labute approximate surface area is 322 Å². The Morgan fingerprint density at radius 3 is 1.75 bits per heavy atom. The summed E-state index contributed by atoms with van der Waals surface area (Å²) in [7, 11) is 0. The highest BCUT2D eigenvalue weighted by atomic mass is 32.1. The molecule has 258 valence electrons. The molecule has 2 heterocycles. The fraction of sp³-hybridized carbons (Fsp3) is 0. The Bertz CT molecular complexity index is 3190. The molecule has 0 spiro atoms. The highest BCUT2D eigenvalue weighted by molar-refractivity contribution is 7.25. The van der Waals surface area contributed by atoms with Gasteiger partial charge in [-0.15, -0.1) is 11.3 Å². The lowest BCUT2D eigenvalue weighted by Gasteiger charge is -2.25. The highest BCUT2D eigenvalue weighted by Gasteiger charge is 2.19. The standard InChI is InChI=1S/C52H33NOS/c1-3-13-34(14-4-1)36-15-11-16-37(31-36)46-33-48-45-23-12-22-41(51(45)54-52(48)44-21-8-7-19-42(44)46)35-25-27-39(28-26-35)53(38-17-5-2-6-18-38)40-29-30-50-47(32-40)43-20-9-10-24-49(43)55-50/h1-33H. The van der Waals surface area contributed by atoms with Crippen LogP contribution in [0.3, 0.4) is 0 Å². The molecule has 3 heteroatoms. The van der Waals surface area contributed by atoms with Crippen LogP contribution in [0.2, 0.25) is 0 Å². The van der Waals surface area contributed by atoms with Gasteiger partial charge in [0.05, 0.1) is 0 Å². The molecule has 0 fully saturated rings. The van der Waals surface area contributed by atoms with Crippen molar-refractivity contribution in [3.63, 3.8) is 0 Å². The van der Waals surface area contributed by atoms with Crippen LogP contribution in [-0.2, 0) is 0 Å². The van der Waals surface area contributed by atoms with E-state index in [9.17, 15) is 0 Å². The molecule has 9 aromatic carbocycles. The van der Waals surface area contributed by atoms with Crippen molar-refractivity contribution in [3.05, 3.63) is 200 Å². The summed E-state index contributed by atoms with van der Waals surface area (Å²) in [4.78, 5) is 2.35. The number of furan rings is 1. The predicted octanol–water partition coefficient (Wildman–Crippen LogP) is 15.6. The van der Waals surface area contributed by atoms with Crippen molar-refractivity contribution in [3.8, 4) is 33.4 Å². The third-order valence-electron chi connectivity index (χ3n) is 10.9. The van der Waals surface area contributed by atoms with E-state index in [4.69, 9.17) is 4.42 Å². The molecule has 0 radical (unpaired) electrons. The van der Waals surface area contributed by atoms with Gasteiger partial charge in [0.25, 0.3) is 0 Å². The lowest BCUT2D eigenvalue weighted by atomic mass is 9.93. The number of thiophene rings is 1. The summed E-state index contributed by atoms with van der Waals surface area (Å²) in [5, 5.41) is 7.12. The van der Waals surface area contributed by atoms with E-state index < -0.39 is 0 Å². The summed E-state index contributed by atoms with van der Waals surface area (Å²) in [5.74, 6) is 0. The second-order valence-electron chi connectivity index (χ2n) is 14.1. The van der Waals surface area contributed by atoms with E-state index in [0.717, 1.165) is 55.5 Å². The molecule has 0 unspecified atom stereocenters. The maximum Gasteiger partial charge on any atom is 0.143 e. The Morgan fingerprint density at radius 2 is 0.909 bits per heavy atom. The SMILES string of the molecule is c1ccc(-c2cccc(-c3cc4c5cccc(-c6ccc(N(c7ccccc7)c7ccc8sc9ccccc9c8c7)cc6)c5oc4c4ccccc34)c2)cc1. The lowest BCUT2D eigenvalue weighted by molar-refractivity contribution is 0.674. The average Bonchev–Trinajstić information content (AvgIpc) is 3.83. The number of rotatable bonds is 6. The first kappa shape index (κ1) is 31.6. The van der Waals surface area contributed by atoms with E-state index in [1.807, 2.05) is 11.3 Å². The van der Waals surface area contributed by atoms with Gasteiger partial charge in [-0.05, 0) is 93.9 Å². The molecular weight excluding hydrogens is 687 g/mol. The Morgan fingerprint density at radius 1 is 0.309 bits per heavy atom. The van der Waals surface area contributed by atoms with Crippen molar-refractivity contribution in [1.29, 1.82) is 0 Å². The van der Waals surface area contributed by atoms with Gasteiger partial charge in [0.1, 0.15) is 11.2 Å². The quantitative estimate of drug-likeness (QED) is 0.170. The van der Waals surface area contributed by atoms with Crippen LogP contribution in [0.15, 0.2) is 205 Å². The maximum atomic E-state index is 6.91. The highest BCUT2D eigenvalue weighted by Crippen LogP contribution is 2.44. The van der Waals surface area contributed by atoms with E-state index in [1.165, 1.54) is 47.8 Å². The number of benzene rings is 9. The van der Waals surface area contributed by atoms with Gasteiger partial charge in [0.15, 0.2) is 0 Å². The molecule has 0 aliphatic heterocycles. The van der Waals surface area contributed by atoms with Crippen LogP contribution >= 0.6 is 11.3 Å². The minimum absolute atomic E-state index is 0.903. The van der Waals surface area contributed by atoms with Crippen LogP contribution in [0.25, 0.3) is 86.3 Å². The number of para-hydroxylation sites is 2. The summed E-state index contributed by atoms with van der Waals surface area (Å²) >= 11 is 1.85. The van der Waals surface area contributed by atoms with Crippen molar-refractivity contribution in [2.45, 2.75) is 0 Å². The van der Waals surface area contributed by atoms with Crippen LogP contribution in [0.4, 0.5) is 17.1 Å². The second kappa shape index (κ2) is 12.9. The number of hydrogen-bond acceptors (Lipinski definition) is 3. The molecule has 0 N–H and O–H groups in total. The van der Waals surface area contributed by atoms with E-state index in [-0.39, 0.29) is 0 Å². The van der Waals surface area contributed by atoms with Gasteiger partial charge in [-0.1, -0.05) is 140 Å². The van der Waals surface area contributed by atoms with Crippen LogP contribution in [0.1, 0.15) is 0 Å². The van der Waals surface area contributed by atoms with E-state index in [1.54, 1.807) is 0 Å². The van der Waals surface area contributed by atoms with Crippen LogP contribution in [0.5, 0.6) is 0 Å².